The van der Waals surface area contributed by atoms with Crippen molar-refractivity contribution in [3.8, 4) is 11.5 Å². The molecule has 29 heavy (non-hydrogen) atoms. The highest BCUT2D eigenvalue weighted by atomic mass is 16.5. The van der Waals surface area contributed by atoms with Gasteiger partial charge in [-0.3, -0.25) is 4.79 Å². The summed E-state index contributed by atoms with van der Waals surface area (Å²) < 4.78 is 11.5. The lowest BCUT2D eigenvalue weighted by atomic mass is 10.1. The molecule has 0 aromatic heterocycles. The third kappa shape index (κ3) is 9.37. The summed E-state index contributed by atoms with van der Waals surface area (Å²) in [5.41, 5.74) is 1.61. The highest BCUT2D eigenvalue weighted by Gasteiger charge is 2.04. The molecule has 0 fully saturated rings. The fourth-order valence-electron chi connectivity index (χ4n) is 2.54. The summed E-state index contributed by atoms with van der Waals surface area (Å²) >= 11 is 0. The van der Waals surface area contributed by atoms with Gasteiger partial charge in [0.15, 0.2) is 0 Å². The van der Waals surface area contributed by atoms with E-state index in [1.54, 1.807) is 0 Å². The number of nitrogens with one attached hydrogen (secondary N) is 2. The SMILES string of the molecule is CC(C)CCOc1ccc(NC(=O)CNc2cccc(OCCC(C)C)c2)cc1. The minimum Gasteiger partial charge on any atom is -0.494 e. The summed E-state index contributed by atoms with van der Waals surface area (Å²) in [5, 5.41) is 6.02. The second kappa shape index (κ2) is 12.0. The van der Waals surface area contributed by atoms with Gasteiger partial charge in [0.25, 0.3) is 0 Å². The van der Waals surface area contributed by atoms with Gasteiger partial charge in [-0.05, 0) is 61.1 Å². The van der Waals surface area contributed by atoms with Crippen molar-refractivity contribution < 1.29 is 14.3 Å². The highest BCUT2D eigenvalue weighted by Crippen LogP contribution is 2.19. The number of rotatable bonds is 12. The van der Waals surface area contributed by atoms with Crippen molar-refractivity contribution in [2.45, 2.75) is 40.5 Å². The zero-order chi connectivity index (χ0) is 21.1. The van der Waals surface area contributed by atoms with E-state index in [0.29, 0.717) is 25.0 Å². The first kappa shape index (κ1) is 22.6. The van der Waals surface area contributed by atoms with Crippen molar-refractivity contribution in [1.82, 2.24) is 0 Å². The second-order valence-electron chi connectivity index (χ2n) is 8.02. The van der Waals surface area contributed by atoms with Crippen molar-refractivity contribution in [1.29, 1.82) is 0 Å². The van der Waals surface area contributed by atoms with E-state index in [0.717, 1.165) is 35.7 Å². The standard InChI is InChI=1S/C24H34N2O3/c1-18(2)12-14-28-22-10-8-20(9-11-22)26-24(27)17-25-21-6-5-7-23(16-21)29-15-13-19(3)4/h5-11,16,18-19,25H,12-15,17H2,1-4H3,(H,26,27). The Hall–Kier alpha value is -2.69. The van der Waals surface area contributed by atoms with E-state index in [1.165, 1.54) is 0 Å². The van der Waals surface area contributed by atoms with Crippen LogP contribution in [0.3, 0.4) is 0 Å². The largest absolute Gasteiger partial charge is 0.494 e. The Morgan fingerprint density at radius 1 is 0.828 bits per heavy atom. The monoisotopic (exact) mass is 398 g/mol. The lowest BCUT2D eigenvalue weighted by Crippen LogP contribution is -2.21. The zero-order valence-corrected chi connectivity index (χ0v) is 18.0. The second-order valence-corrected chi connectivity index (χ2v) is 8.02. The molecule has 0 aliphatic heterocycles. The molecule has 5 nitrogen and oxygen atoms in total. The number of anilines is 2. The van der Waals surface area contributed by atoms with Gasteiger partial charge >= 0.3 is 0 Å². The molecular weight excluding hydrogens is 364 g/mol. The molecule has 2 rings (SSSR count). The first-order valence-electron chi connectivity index (χ1n) is 10.4. The van der Waals surface area contributed by atoms with Gasteiger partial charge in [-0.15, -0.1) is 0 Å². The Morgan fingerprint density at radius 2 is 1.45 bits per heavy atom. The summed E-state index contributed by atoms with van der Waals surface area (Å²) in [6, 6.07) is 15.1. The van der Waals surface area contributed by atoms with Gasteiger partial charge in [-0.1, -0.05) is 33.8 Å². The minimum absolute atomic E-state index is 0.107. The molecule has 5 heteroatoms. The summed E-state index contributed by atoms with van der Waals surface area (Å²) in [4.78, 5) is 12.2. The van der Waals surface area contributed by atoms with Crippen LogP contribution < -0.4 is 20.1 Å². The predicted molar refractivity (Wildman–Crippen MR) is 120 cm³/mol. The van der Waals surface area contributed by atoms with Crippen molar-refractivity contribution in [2.24, 2.45) is 11.8 Å². The fraction of sp³-hybridized carbons (Fsp3) is 0.458. The molecule has 2 N–H and O–H groups in total. The maximum atomic E-state index is 12.2. The van der Waals surface area contributed by atoms with Gasteiger partial charge in [-0.25, -0.2) is 0 Å². The lowest BCUT2D eigenvalue weighted by molar-refractivity contribution is -0.114. The third-order valence-electron chi connectivity index (χ3n) is 4.35. The summed E-state index contributed by atoms with van der Waals surface area (Å²) in [6.07, 6.45) is 2.04. The number of carbonyl (C=O) groups excluding carboxylic acids is 1. The first-order chi connectivity index (χ1) is 13.9. The van der Waals surface area contributed by atoms with Crippen LogP contribution in [0.1, 0.15) is 40.5 Å². The topological polar surface area (TPSA) is 59.6 Å². The molecule has 0 saturated carbocycles. The molecule has 0 saturated heterocycles. The number of ether oxygens (including phenoxy) is 2. The van der Waals surface area contributed by atoms with Crippen molar-refractivity contribution >= 4 is 17.3 Å². The zero-order valence-electron chi connectivity index (χ0n) is 18.0. The van der Waals surface area contributed by atoms with Gasteiger partial charge < -0.3 is 20.1 Å². The van der Waals surface area contributed by atoms with Gasteiger partial charge in [0.2, 0.25) is 5.91 Å². The molecule has 0 heterocycles. The highest BCUT2D eigenvalue weighted by molar-refractivity contribution is 5.93. The molecule has 0 radical (unpaired) electrons. The van der Waals surface area contributed by atoms with Crippen LogP contribution in [-0.2, 0) is 4.79 Å². The van der Waals surface area contributed by atoms with Gasteiger partial charge in [0, 0.05) is 17.4 Å². The van der Waals surface area contributed by atoms with E-state index >= 15 is 0 Å². The first-order valence-corrected chi connectivity index (χ1v) is 10.4. The Kier molecular flexibility index (Phi) is 9.35. The summed E-state index contributed by atoms with van der Waals surface area (Å²) in [7, 11) is 0. The van der Waals surface area contributed by atoms with Crippen LogP contribution in [0.5, 0.6) is 11.5 Å². The van der Waals surface area contributed by atoms with Gasteiger partial charge in [0.05, 0.1) is 19.8 Å². The number of carbonyl (C=O) groups is 1. The molecule has 0 aliphatic carbocycles. The Bertz CT molecular complexity index is 742. The van der Waals surface area contributed by atoms with Crippen molar-refractivity contribution in [2.75, 3.05) is 30.4 Å². The Morgan fingerprint density at radius 3 is 2.07 bits per heavy atom. The number of hydrogen-bond donors (Lipinski definition) is 2. The van der Waals surface area contributed by atoms with Crippen LogP contribution in [0.4, 0.5) is 11.4 Å². The van der Waals surface area contributed by atoms with E-state index in [4.69, 9.17) is 9.47 Å². The maximum absolute atomic E-state index is 12.2. The molecule has 0 atom stereocenters. The van der Waals surface area contributed by atoms with Gasteiger partial charge in [0.1, 0.15) is 11.5 Å². The average Bonchev–Trinajstić information content (AvgIpc) is 2.68. The molecule has 2 aromatic carbocycles. The molecule has 0 unspecified atom stereocenters. The van der Waals surface area contributed by atoms with E-state index < -0.39 is 0 Å². The fourth-order valence-corrected chi connectivity index (χ4v) is 2.54. The maximum Gasteiger partial charge on any atom is 0.243 e. The molecule has 158 valence electrons. The Balaban J connectivity index is 1.75. The quantitative estimate of drug-likeness (QED) is 0.489. The third-order valence-corrected chi connectivity index (χ3v) is 4.35. The normalized spacial score (nSPS) is 10.8. The van der Waals surface area contributed by atoms with Gasteiger partial charge in [-0.2, -0.15) is 0 Å². The predicted octanol–water partition coefficient (Wildman–Crippen LogP) is 5.59. The number of hydrogen-bond acceptors (Lipinski definition) is 4. The Labute approximate surface area is 174 Å². The lowest BCUT2D eigenvalue weighted by Gasteiger charge is -2.12. The van der Waals surface area contributed by atoms with E-state index in [9.17, 15) is 4.79 Å². The van der Waals surface area contributed by atoms with Crippen LogP contribution >= 0.6 is 0 Å². The number of amides is 1. The molecule has 2 aromatic rings. The molecule has 0 spiro atoms. The van der Waals surface area contributed by atoms with Crippen LogP contribution in [0.15, 0.2) is 48.5 Å². The average molecular weight is 399 g/mol. The molecule has 1 amide bonds. The molecule has 0 aliphatic rings. The summed E-state index contributed by atoms with van der Waals surface area (Å²) in [6.45, 7) is 10.3. The van der Waals surface area contributed by atoms with Crippen molar-refractivity contribution in [3.05, 3.63) is 48.5 Å². The molecule has 0 bridgehead atoms. The van der Waals surface area contributed by atoms with Crippen molar-refractivity contribution in [3.63, 3.8) is 0 Å². The van der Waals surface area contributed by atoms with E-state index in [2.05, 4.69) is 38.3 Å². The van der Waals surface area contributed by atoms with Crippen LogP contribution in [-0.4, -0.2) is 25.7 Å². The van der Waals surface area contributed by atoms with Crippen LogP contribution in [0.25, 0.3) is 0 Å². The van der Waals surface area contributed by atoms with Crippen LogP contribution in [0, 0.1) is 11.8 Å². The summed E-state index contributed by atoms with van der Waals surface area (Å²) in [5.74, 6) is 2.75. The molecular formula is C24H34N2O3. The number of benzene rings is 2. The van der Waals surface area contributed by atoms with Crippen LogP contribution in [0.2, 0.25) is 0 Å². The van der Waals surface area contributed by atoms with E-state index in [1.807, 2.05) is 48.5 Å². The minimum atomic E-state index is -0.107. The van der Waals surface area contributed by atoms with E-state index in [-0.39, 0.29) is 12.5 Å². The smallest absolute Gasteiger partial charge is 0.243 e.